The van der Waals surface area contributed by atoms with E-state index in [1.165, 1.54) is 0 Å². The first-order valence-electron chi connectivity index (χ1n) is 8.97. The molecule has 1 unspecified atom stereocenters. The zero-order chi connectivity index (χ0) is 19.0. The second-order valence-corrected chi connectivity index (χ2v) is 6.90. The lowest BCUT2D eigenvalue weighted by Gasteiger charge is -2.21. The number of benzene rings is 2. The van der Waals surface area contributed by atoms with Gasteiger partial charge in [-0.2, -0.15) is 0 Å². The van der Waals surface area contributed by atoms with Crippen LogP contribution in [0.15, 0.2) is 48.5 Å². The minimum Gasteiger partial charge on any atom is -0.497 e. The third-order valence-corrected chi connectivity index (χ3v) is 5.06. The van der Waals surface area contributed by atoms with Gasteiger partial charge in [-0.15, -0.1) is 0 Å². The Morgan fingerprint density at radius 3 is 2.19 bits per heavy atom. The minimum absolute atomic E-state index is 0.126. The number of nitrogens with one attached hydrogen (secondary N) is 1. The number of ether oxygens (including phenoxy) is 1. The molecule has 2 aromatic carbocycles. The number of fused-ring (bicyclic) bond motifs is 1. The van der Waals surface area contributed by atoms with Gasteiger partial charge in [0.1, 0.15) is 12.3 Å². The average molecular weight is 364 g/mol. The Kier molecular flexibility index (Phi) is 4.39. The summed E-state index contributed by atoms with van der Waals surface area (Å²) < 4.78 is 5.18. The number of carbonyl (C=O) groups is 3. The predicted molar refractivity (Wildman–Crippen MR) is 98.4 cm³/mol. The van der Waals surface area contributed by atoms with E-state index in [0.29, 0.717) is 17.0 Å². The molecule has 27 heavy (non-hydrogen) atoms. The summed E-state index contributed by atoms with van der Waals surface area (Å²) in [5, 5.41) is 3.00. The number of hydrogen-bond acceptors (Lipinski definition) is 4. The number of methoxy groups -OCH3 is 1. The topological polar surface area (TPSA) is 75.7 Å². The van der Waals surface area contributed by atoms with Crippen molar-refractivity contribution < 1.29 is 19.1 Å². The van der Waals surface area contributed by atoms with Crippen LogP contribution in [0.25, 0.3) is 0 Å². The van der Waals surface area contributed by atoms with Crippen LogP contribution in [-0.2, 0) is 4.79 Å². The molecule has 1 heterocycles. The Morgan fingerprint density at radius 2 is 1.67 bits per heavy atom. The molecule has 0 spiro atoms. The van der Waals surface area contributed by atoms with E-state index in [0.717, 1.165) is 29.1 Å². The fraction of sp³-hybridized carbons (Fsp3) is 0.286. The van der Waals surface area contributed by atoms with E-state index in [1.807, 2.05) is 24.3 Å². The molecule has 0 radical (unpaired) electrons. The lowest BCUT2D eigenvalue weighted by atomic mass is 10.0. The Labute approximate surface area is 157 Å². The van der Waals surface area contributed by atoms with Gasteiger partial charge >= 0.3 is 0 Å². The van der Waals surface area contributed by atoms with Crippen LogP contribution in [0.3, 0.4) is 0 Å². The van der Waals surface area contributed by atoms with Gasteiger partial charge in [-0.05, 0) is 48.6 Å². The first-order chi connectivity index (χ1) is 13.1. The number of imide groups is 1. The smallest absolute Gasteiger partial charge is 0.262 e. The summed E-state index contributed by atoms with van der Waals surface area (Å²) in [5.41, 5.74) is 1.70. The Hall–Kier alpha value is -3.15. The van der Waals surface area contributed by atoms with Crippen molar-refractivity contribution >= 4 is 17.7 Å². The Bertz CT molecular complexity index is 868. The molecule has 1 N–H and O–H groups in total. The average Bonchev–Trinajstić information content (AvgIpc) is 3.51. The van der Waals surface area contributed by atoms with Crippen LogP contribution < -0.4 is 10.1 Å². The molecular formula is C21H20N2O4. The molecule has 138 valence electrons. The van der Waals surface area contributed by atoms with Gasteiger partial charge in [0.25, 0.3) is 11.8 Å². The molecule has 6 heteroatoms. The molecule has 3 amide bonds. The maximum absolute atomic E-state index is 12.6. The summed E-state index contributed by atoms with van der Waals surface area (Å²) in [7, 11) is 1.61. The van der Waals surface area contributed by atoms with Crippen molar-refractivity contribution in [2.24, 2.45) is 5.92 Å². The van der Waals surface area contributed by atoms with Crippen molar-refractivity contribution in [1.82, 2.24) is 10.2 Å². The number of carbonyl (C=O) groups excluding carboxylic acids is 3. The predicted octanol–water partition coefficient (Wildman–Crippen LogP) is 2.56. The van der Waals surface area contributed by atoms with Gasteiger partial charge in [-0.25, -0.2) is 0 Å². The fourth-order valence-corrected chi connectivity index (χ4v) is 3.46. The van der Waals surface area contributed by atoms with E-state index in [1.54, 1.807) is 31.4 Å². The summed E-state index contributed by atoms with van der Waals surface area (Å²) in [6.07, 6.45) is 2.09. The van der Waals surface area contributed by atoms with E-state index in [-0.39, 0.29) is 18.5 Å². The minimum atomic E-state index is -0.418. The van der Waals surface area contributed by atoms with Gasteiger partial charge in [-0.3, -0.25) is 19.3 Å². The summed E-state index contributed by atoms with van der Waals surface area (Å²) in [5.74, 6) is -0.0382. The van der Waals surface area contributed by atoms with Crippen molar-refractivity contribution in [3.05, 3.63) is 65.2 Å². The molecule has 0 aromatic heterocycles. The van der Waals surface area contributed by atoms with Crippen LogP contribution >= 0.6 is 0 Å². The quantitative estimate of drug-likeness (QED) is 0.800. The molecule has 2 aromatic rings. The maximum atomic E-state index is 12.6. The molecule has 4 rings (SSSR count). The highest BCUT2D eigenvalue weighted by Gasteiger charge is 2.38. The first kappa shape index (κ1) is 17.3. The Balaban J connectivity index is 1.46. The molecule has 0 saturated heterocycles. The van der Waals surface area contributed by atoms with Crippen molar-refractivity contribution in [3.8, 4) is 5.75 Å². The summed E-state index contributed by atoms with van der Waals surface area (Å²) in [6.45, 7) is -0.272. The van der Waals surface area contributed by atoms with E-state index in [4.69, 9.17) is 4.74 Å². The van der Waals surface area contributed by atoms with Crippen molar-refractivity contribution in [2.45, 2.75) is 18.9 Å². The number of rotatable bonds is 6. The molecule has 1 atom stereocenters. The van der Waals surface area contributed by atoms with Crippen LogP contribution in [0.2, 0.25) is 0 Å². The lowest BCUT2D eigenvalue weighted by molar-refractivity contribution is -0.122. The zero-order valence-electron chi connectivity index (χ0n) is 15.0. The molecule has 0 bridgehead atoms. The van der Waals surface area contributed by atoms with Crippen molar-refractivity contribution in [3.63, 3.8) is 0 Å². The normalized spacial score (nSPS) is 16.9. The number of nitrogens with zero attached hydrogens (tertiary/aromatic N) is 1. The molecular weight excluding hydrogens is 344 g/mol. The monoisotopic (exact) mass is 364 g/mol. The highest BCUT2D eigenvalue weighted by molar-refractivity contribution is 6.22. The SMILES string of the molecule is COc1ccc(C(NC(=O)CN2C(=O)c3ccccc3C2=O)C2CC2)cc1. The van der Waals surface area contributed by atoms with Crippen molar-refractivity contribution in [2.75, 3.05) is 13.7 Å². The van der Waals surface area contributed by atoms with Crippen LogP contribution in [0.4, 0.5) is 0 Å². The molecule has 1 aliphatic carbocycles. The molecule has 1 aliphatic heterocycles. The van der Waals surface area contributed by atoms with Crippen LogP contribution in [-0.4, -0.2) is 36.3 Å². The number of hydrogen-bond donors (Lipinski definition) is 1. The highest BCUT2D eigenvalue weighted by atomic mass is 16.5. The standard InChI is InChI=1S/C21H20N2O4/c1-27-15-10-8-14(9-11-15)19(13-6-7-13)22-18(24)12-23-20(25)16-4-2-3-5-17(16)21(23)26/h2-5,8-11,13,19H,6-7,12H2,1H3,(H,22,24). The zero-order valence-corrected chi connectivity index (χ0v) is 15.0. The van der Waals surface area contributed by atoms with E-state index in [2.05, 4.69) is 5.32 Å². The van der Waals surface area contributed by atoms with Crippen molar-refractivity contribution in [1.29, 1.82) is 0 Å². The molecule has 1 fully saturated rings. The lowest BCUT2D eigenvalue weighted by Crippen LogP contribution is -2.42. The second-order valence-electron chi connectivity index (χ2n) is 6.90. The third-order valence-electron chi connectivity index (χ3n) is 5.06. The molecule has 1 saturated carbocycles. The van der Waals surface area contributed by atoms with Gasteiger partial charge < -0.3 is 10.1 Å². The Morgan fingerprint density at radius 1 is 1.07 bits per heavy atom. The summed E-state index contributed by atoms with van der Waals surface area (Å²) in [6, 6.07) is 14.1. The van der Waals surface area contributed by atoms with Gasteiger partial charge in [-0.1, -0.05) is 24.3 Å². The van der Waals surface area contributed by atoms with Crippen LogP contribution in [0.5, 0.6) is 5.75 Å². The van der Waals surface area contributed by atoms with Crippen LogP contribution in [0, 0.1) is 5.92 Å². The van der Waals surface area contributed by atoms with Crippen LogP contribution in [0.1, 0.15) is 45.2 Å². The second kappa shape index (κ2) is 6.87. The van der Waals surface area contributed by atoms with Gasteiger partial charge in [0, 0.05) is 0 Å². The first-order valence-corrected chi connectivity index (χ1v) is 8.97. The van der Waals surface area contributed by atoms with Gasteiger partial charge in [0.15, 0.2) is 0 Å². The largest absolute Gasteiger partial charge is 0.497 e. The summed E-state index contributed by atoms with van der Waals surface area (Å²) >= 11 is 0. The highest BCUT2D eigenvalue weighted by Crippen LogP contribution is 2.41. The van der Waals surface area contributed by atoms with Gasteiger partial charge in [0.05, 0.1) is 24.3 Å². The number of amides is 3. The molecule has 2 aliphatic rings. The van der Waals surface area contributed by atoms with Gasteiger partial charge in [0.2, 0.25) is 5.91 Å². The van der Waals surface area contributed by atoms with E-state index >= 15 is 0 Å². The third kappa shape index (κ3) is 3.30. The maximum Gasteiger partial charge on any atom is 0.262 e. The van der Waals surface area contributed by atoms with E-state index in [9.17, 15) is 14.4 Å². The molecule has 6 nitrogen and oxygen atoms in total. The summed E-state index contributed by atoms with van der Waals surface area (Å²) in [4.78, 5) is 38.5. The van der Waals surface area contributed by atoms with E-state index < -0.39 is 11.8 Å². The fourth-order valence-electron chi connectivity index (χ4n) is 3.46.